The van der Waals surface area contributed by atoms with E-state index in [9.17, 15) is 0 Å². The molecule has 2 aromatic heterocycles. The molecule has 3 nitrogen and oxygen atoms in total. The lowest BCUT2D eigenvalue weighted by Crippen LogP contribution is -2.23. The summed E-state index contributed by atoms with van der Waals surface area (Å²) in [6, 6.07) is 4.05. The van der Waals surface area contributed by atoms with Crippen LogP contribution in [0, 0.1) is 6.92 Å². The molecule has 2 rings (SSSR count). The largest absolute Gasteiger partial charge is 0.250 e. The fourth-order valence-electron chi connectivity index (χ4n) is 1.25. The third-order valence-electron chi connectivity index (χ3n) is 1.93. The molecule has 0 fully saturated rings. The molecule has 66 valence electrons. The van der Waals surface area contributed by atoms with Gasteiger partial charge in [0, 0.05) is 12.3 Å². The average Bonchev–Trinajstić information content (AvgIpc) is 2.52. The van der Waals surface area contributed by atoms with Crippen molar-refractivity contribution < 1.29 is 4.57 Å². The van der Waals surface area contributed by atoms with Crippen LogP contribution < -0.4 is 4.57 Å². The first kappa shape index (κ1) is 7.98. The third-order valence-corrected chi connectivity index (χ3v) is 1.93. The lowest BCUT2D eigenvalue weighted by molar-refractivity contribution is -0.670. The van der Waals surface area contributed by atoms with E-state index in [0.29, 0.717) is 0 Å². The predicted molar refractivity (Wildman–Crippen MR) is 49.5 cm³/mol. The van der Waals surface area contributed by atoms with Crippen LogP contribution >= 0.6 is 0 Å². The third kappa shape index (κ3) is 1.59. The Kier molecular flexibility index (Phi) is 1.85. The monoisotopic (exact) mass is 174 g/mol. The van der Waals surface area contributed by atoms with Crippen molar-refractivity contribution in [2.75, 3.05) is 0 Å². The zero-order chi connectivity index (χ0) is 9.26. The summed E-state index contributed by atoms with van der Waals surface area (Å²) in [7, 11) is 1.99. The summed E-state index contributed by atoms with van der Waals surface area (Å²) in [5, 5.41) is 0. The number of hydrogen-bond acceptors (Lipinski definition) is 1. The molecule has 0 aliphatic carbocycles. The summed E-state index contributed by atoms with van der Waals surface area (Å²) < 4.78 is 3.98. The highest BCUT2D eigenvalue weighted by Gasteiger charge is 2.04. The Labute approximate surface area is 77.3 Å². The van der Waals surface area contributed by atoms with Crippen LogP contribution in [0.15, 0.2) is 37.1 Å². The van der Waals surface area contributed by atoms with Gasteiger partial charge in [0.05, 0.1) is 7.05 Å². The molecule has 0 bridgehead atoms. The van der Waals surface area contributed by atoms with Crippen molar-refractivity contribution in [2.24, 2.45) is 7.05 Å². The van der Waals surface area contributed by atoms with E-state index in [1.54, 1.807) is 0 Å². The van der Waals surface area contributed by atoms with Crippen LogP contribution in [-0.4, -0.2) is 9.55 Å². The molecule has 2 heterocycles. The van der Waals surface area contributed by atoms with Crippen molar-refractivity contribution in [3.63, 3.8) is 0 Å². The standard InChI is InChI=1S/C10H12N3/c1-9-3-4-11-10(7-9)13-6-5-12(2)8-13/h3-8H,1-2H3/q+1. The van der Waals surface area contributed by atoms with Crippen molar-refractivity contribution in [3.05, 3.63) is 42.6 Å². The molecule has 0 saturated heterocycles. The molecule has 3 heteroatoms. The topological polar surface area (TPSA) is 21.7 Å². The summed E-state index contributed by atoms with van der Waals surface area (Å²) in [6.07, 6.45) is 7.79. The lowest BCUT2D eigenvalue weighted by Gasteiger charge is -1.94. The normalized spacial score (nSPS) is 10.3. The Bertz CT molecular complexity index is 418. The maximum atomic E-state index is 4.27. The summed E-state index contributed by atoms with van der Waals surface area (Å²) in [5.74, 6) is 0.959. The zero-order valence-electron chi connectivity index (χ0n) is 7.81. The average molecular weight is 174 g/mol. The Morgan fingerprint density at radius 2 is 2.31 bits per heavy atom. The molecule has 0 unspecified atom stereocenters. The Morgan fingerprint density at radius 3 is 2.92 bits per heavy atom. The van der Waals surface area contributed by atoms with E-state index in [1.165, 1.54) is 5.56 Å². The maximum Gasteiger partial charge on any atom is 0.250 e. The molecule has 0 spiro atoms. The molecular weight excluding hydrogens is 162 g/mol. The summed E-state index contributed by atoms with van der Waals surface area (Å²) >= 11 is 0. The van der Waals surface area contributed by atoms with Gasteiger partial charge in [0.2, 0.25) is 12.1 Å². The molecule has 0 radical (unpaired) electrons. The summed E-state index contributed by atoms with van der Waals surface area (Å²) in [6.45, 7) is 2.06. The SMILES string of the molecule is Cc1ccnc(-n2cc[n+](C)c2)c1. The minimum Gasteiger partial charge on any atom is -0.239 e. The molecule has 0 aliphatic rings. The van der Waals surface area contributed by atoms with Gasteiger partial charge in [0.25, 0.3) is 0 Å². The van der Waals surface area contributed by atoms with Crippen molar-refractivity contribution in [3.8, 4) is 5.82 Å². The van der Waals surface area contributed by atoms with Crippen molar-refractivity contribution in [1.29, 1.82) is 0 Å². The van der Waals surface area contributed by atoms with E-state index in [-0.39, 0.29) is 0 Å². The van der Waals surface area contributed by atoms with Gasteiger partial charge in [0.1, 0.15) is 12.4 Å². The first-order valence-electron chi connectivity index (χ1n) is 4.22. The van der Waals surface area contributed by atoms with Gasteiger partial charge in [-0.25, -0.2) is 9.55 Å². The van der Waals surface area contributed by atoms with Gasteiger partial charge in [-0.2, -0.15) is 4.57 Å². The Balaban J connectivity index is 2.46. The first-order chi connectivity index (χ1) is 6.25. The van der Waals surface area contributed by atoms with Crippen molar-refractivity contribution in [1.82, 2.24) is 9.55 Å². The van der Waals surface area contributed by atoms with Crippen LogP contribution in [0.1, 0.15) is 5.56 Å². The Morgan fingerprint density at radius 1 is 1.46 bits per heavy atom. The second kappa shape index (κ2) is 3.01. The van der Waals surface area contributed by atoms with E-state index < -0.39 is 0 Å². The number of hydrogen-bond donors (Lipinski definition) is 0. The van der Waals surface area contributed by atoms with Crippen molar-refractivity contribution in [2.45, 2.75) is 6.92 Å². The van der Waals surface area contributed by atoms with Crippen LogP contribution in [0.25, 0.3) is 5.82 Å². The van der Waals surface area contributed by atoms with E-state index in [4.69, 9.17) is 0 Å². The smallest absolute Gasteiger partial charge is 0.239 e. The van der Waals surface area contributed by atoms with Crippen molar-refractivity contribution >= 4 is 0 Å². The van der Waals surface area contributed by atoms with E-state index in [0.717, 1.165) is 5.82 Å². The van der Waals surface area contributed by atoms with Crippen LogP contribution in [0.3, 0.4) is 0 Å². The first-order valence-corrected chi connectivity index (χ1v) is 4.22. The maximum absolute atomic E-state index is 4.27. The molecule has 0 atom stereocenters. The van der Waals surface area contributed by atoms with E-state index >= 15 is 0 Å². The van der Waals surface area contributed by atoms with Gasteiger partial charge in [-0.1, -0.05) is 0 Å². The highest BCUT2D eigenvalue weighted by Crippen LogP contribution is 2.04. The zero-order valence-corrected chi connectivity index (χ0v) is 7.81. The van der Waals surface area contributed by atoms with E-state index in [1.807, 2.05) is 47.2 Å². The minimum atomic E-state index is 0.959. The number of imidazole rings is 1. The van der Waals surface area contributed by atoms with Gasteiger partial charge in [0.15, 0.2) is 0 Å². The van der Waals surface area contributed by atoms with E-state index in [2.05, 4.69) is 18.0 Å². The quantitative estimate of drug-likeness (QED) is 0.591. The fraction of sp³-hybridized carbons (Fsp3) is 0.200. The molecule has 0 saturated carbocycles. The summed E-state index contributed by atoms with van der Waals surface area (Å²) in [5.41, 5.74) is 1.22. The number of aryl methyl sites for hydroxylation is 2. The Hall–Kier alpha value is -1.64. The predicted octanol–water partition coefficient (Wildman–Crippen LogP) is 1.01. The van der Waals surface area contributed by atoms with Gasteiger partial charge in [-0.3, -0.25) is 0 Å². The molecule has 0 N–H and O–H groups in total. The number of nitrogens with zero attached hydrogens (tertiary/aromatic N) is 3. The molecular formula is C10H12N3+. The van der Waals surface area contributed by atoms with Crippen LogP contribution in [0.4, 0.5) is 0 Å². The van der Waals surface area contributed by atoms with Gasteiger partial charge in [-0.15, -0.1) is 0 Å². The minimum absolute atomic E-state index is 0.959. The van der Waals surface area contributed by atoms with Crippen LogP contribution in [-0.2, 0) is 7.05 Å². The highest BCUT2D eigenvalue weighted by molar-refractivity contribution is 5.26. The fourth-order valence-corrected chi connectivity index (χ4v) is 1.25. The molecule has 0 amide bonds. The second-order valence-corrected chi connectivity index (χ2v) is 3.18. The molecule has 0 aromatic carbocycles. The molecule has 13 heavy (non-hydrogen) atoms. The molecule has 0 aliphatic heterocycles. The summed E-state index contributed by atoms with van der Waals surface area (Å²) in [4.78, 5) is 4.27. The highest BCUT2D eigenvalue weighted by atomic mass is 15.1. The number of aromatic nitrogens is 3. The van der Waals surface area contributed by atoms with Crippen LogP contribution in [0.2, 0.25) is 0 Å². The van der Waals surface area contributed by atoms with Gasteiger partial charge >= 0.3 is 0 Å². The second-order valence-electron chi connectivity index (χ2n) is 3.18. The lowest BCUT2D eigenvalue weighted by atomic mass is 10.3. The number of pyridine rings is 1. The van der Waals surface area contributed by atoms with Crippen LogP contribution in [0.5, 0.6) is 0 Å². The number of rotatable bonds is 1. The van der Waals surface area contributed by atoms with Gasteiger partial charge < -0.3 is 0 Å². The molecule has 2 aromatic rings. The van der Waals surface area contributed by atoms with Gasteiger partial charge in [-0.05, 0) is 18.6 Å².